The Morgan fingerprint density at radius 3 is 2.83 bits per heavy atom. The van der Waals surface area contributed by atoms with Gasteiger partial charge in [-0.3, -0.25) is 4.79 Å². The second-order valence-corrected chi connectivity index (χ2v) is 5.68. The lowest BCUT2D eigenvalue weighted by Crippen LogP contribution is -2.46. The second-order valence-electron chi connectivity index (χ2n) is 5.68. The summed E-state index contributed by atoms with van der Waals surface area (Å²) in [6, 6.07) is 2.21. The highest BCUT2D eigenvalue weighted by Crippen LogP contribution is 2.42. The molecule has 0 aromatic carbocycles. The molecule has 124 valence electrons. The van der Waals surface area contributed by atoms with E-state index in [1.165, 1.54) is 12.3 Å². The number of carbonyl (C=O) groups excluding carboxylic acids is 1. The Morgan fingerprint density at radius 1 is 1.33 bits per heavy atom. The summed E-state index contributed by atoms with van der Waals surface area (Å²) in [6.45, 7) is 0. The number of rotatable bonds is 0. The smallest absolute Gasteiger partial charge is 0.372 e. The predicted octanol–water partition coefficient (Wildman–Crippen LogP) is 1.49. The maximum Gasteiger partial charge on any atom is 0.433 e. The molecule has 1 N–H and O–H groups in total. The lowest BCUT2D eigenvalue weighted by atomic mass is 9.85. The highest BCUT2D eigenvalue weighted by Gasteiger charge is 2.52. The van der Waals surface area contributed by atoms with Crippen LogP contribution < -0.4 is 5.32 Å². The van der Waals surface area contributed by atoms with Crippen molar-refractivity contribution in [3.63, 3.8) is 0 Å². The number of carbonyl (C=O) groups is 1. The van der Waals surface area contributed by atoms with Gasteiger partial charge in [0.25, 0.3) is 5.91 Å². The number of amides is 1. The molecule has 1 atom stereocenters. The lowest BCUT2D eigenvalue weighted by Gasteiger charge is -2.33. The number of imidazole rings is 1. The van der Waals surface area contributed by atoms with E-state index in [0.29, 0.717) is 17.8 Å². The number of aromatic nitrogens is 3. The van der Waals surface area contributed by atoms with Gasteiger partial charge in [0.1, 0.15) is 17.4 Å². The molecule has 4 rings (SSSR count). The van der Waals surface area contributed by atoms with E-state index in [4.69, 9.17) is 0 Å². The molecule has 0 fully saturated rings. The third-order valence-electron chi connectivity index (χ3n) is 4.48. The molecule has 4 heterocycles. The van der Waals surface area contributed by atoms with E-state index in [1.54, 1.807) is 17.8 Å². The van der Waals surface area contributed by atoms with Crippen LogP contribution in [0.5, 0.6) is 0 Å². The maximum atomic E-state index is 13.1. The standard InChI is InChI=1S/C15H12F3N5O/c1-19-12-8-2-3-9(15(16,17)18)21-11(8)14(13(24)22-12)5-4-10-20-6-7-23(10)14/h2-3,6-7H,4-5H2,1H3,(H,19,22,24). The molecule has 0 radical (unpaired) electrons. The molecule has 2 aliphatic rings. The van der Waals surface area contributed by atoms with Gasteiger partial charge in [-0.05, 0) is 18.6 Å². The highest BCUT2D eigenvalue weighted by molar-refractivity contribution is 6.12. The molecule has 2 aliphatic heterocycles. The molecule has 0 saturated carbocycles. The lowest BCUT2D eigenvalue weighted by molar-refractivity contribution is -0.141. The Kier molecular flexibility index (Phi) is 2.88. The average Bonchev–Trinajstić information content (AvgIpc) is 3.13. The molecule has 1 amide bonds. The molecule has 9 heteroatoms. The molecule has 0 bridgehead atoms. The summed E-state index contributed by atoms with van der Waals surface area (Å²) in [7, 11) is 1.56. The number of aliphatic imine (C=N–C) groups is 1. The average molecular weight is 335 g/mol. The van der Waals surface area contributed by atoms with Crippen LogP contribution >= 0.6 is 0 Å². The molecule has 0 saturated heterocycles. The van der Waals surface area contributed by atoms with Crippen molar-refractivity contribution in [2.24, 2.45) is 4.99 Å². The molecule has 2 aromatic heterocycles. The summed E-state index contributed by atoms with van der Waals surface area (Å²) in [6.07, 6.45) is -0.721. The Labute approximate surface area is 134 Å². The van der Waals surface area contributed by atoms with Gasteiger partial charge in [-0.2, -0.15) is 18.2 Å². The number of aryl methyl sites for hydroxylation is 1. The van der Waals surface area contributed by atoms with Gasteiger partial charge >= 0.3 is 6.18 Å². The summed E-state index contributed by atoms with van der Waals surface area (Å²) >= 11 is 0. The summed E-state index contributed by atoms with van der Waals surface area (Å²) in [4.78, 5) is 24.8. The number of amidine groups is 1. The summed E-state index contributed by atoms with van der Waals surface area (Å²) in [5.41, 5.74) is -1.92. The fourth-order valence-corrected chi connectivity index (χ4v) is 3.39. The molecule has 1 spiro atoms. The fraction of sp³-hybridized carbons (Fsp3) is 0.333. The Balaban J connectivity index is 2.03. The minimum Gasteiger partial charge on any atom is -0.372 e. The monoisotopic (exact) mass is 335 g/mol. The quantitative estimate of drug-likeness (QED) is 0.792. The molecular weight excluding hydrogens is 323 g/mol. The van der Waals surface area contributed by atoms with Crippen LogP contribution in [-0.4, -0.2) is 33.3 Å². The van der Waals surface area contributed by atoms with Crippen LogP contribution in [0, 0.1) is 0 Å². The first-order valence-electron chi connectivity index (χ1n) is 7.30. The van der Waals surface area contributed by atoms with E-state index in [0.717, 1.165) is 6.07 Å². The largest absolute Gasteiger partial charge is 0.433 e. The number of nitrogens with one attached hydrogen (secondary N) is 1. The minimum atomic E-state index is -4.59. The van der Waals surface area contributed by atoms with Gasteiger partial charge in [0.15, 0.2) is 5.54 Å². The van der Waals surface area contributed by atoms with Crippen molar-refractivity contribution in [1.82, 2.24) is 19.9 Å². The van der Waals surface area contributed by atoms with Gasteiger partial charge in [0.05, 0.1) is 5.69 Å². The number of hydrogen-bond donors (Lipinski definition) is 1. The van der Waals surface area contributed by atoms with Gasteiger partial charge < -0.3 is 9.88 Å². The number of nitrogens with zero attached hydrogens (tertiary/aromatic N) is 4. The van der Waals surface area contributed by atoms with Crippen molar-refractivity contribution < 1.29 is 18.0 Å². The first kappa shape index (κ1) is 14.9. The Bertz CT molecular complexity index is 885. The van der Waals surface area contributed by atoms with Crippen LogP contribution in [0.3, 0.4) is 0 Å². The number of fused-ring (bicyclic) bond motifs is 4. The second kappa shape index (κ2) is 4.65. The van der Waals surface area contributed by atoms with Crippen molar-refractivity contribution >= 4 is 11.7 Å². The topological polar surface area (TPSA) is 72.2 Å². The van der Waals surface area contributed by atoms with Crippen LogP contribution in [-0.2, 0) is 22.9 Å². The summed E-state index contributed by atoms with van der Waals surface area (Å²) in [5.74, 6) is 0.315. The van der Waals surface area contributed by atoms with Crippen molar-refractivity contribution in [2.45, 2.75) is 24.6 Å². The van der Waals surface area contributed by atoms with Gasteiger partial charge in [-0.1, -0.05) is 0 Å². The van der Waals surface area contributed by atoms with Gasteiger partial charge in [-0.25, -0.2) is 9.97 Å². The maximum absolute atomic E-state index is 13.1. The van der Waals surface area contributed by atoms with Crippen LogP contribution in [0.15, 0.2) is 29.5 Å². The van der Waals surface area contributed by atoms with E-state index in [1.807, 2.05) is 0 Å². The third kappa shape index (κ3) is 1.78. The summed E-state index contributed by atoms with van der Waals surface area (Å²) < 4.78 is 41.0. The zero-order valence-corrected chi connectivity index (χ0v) is 12.6. The van der Waals surface area contributed by atoms with Crippen molar-refractivity contribution in [2.75, 3.05) is 7.05 Å². The normalized spacial score (nSPS) is 22.3. The fourth-order valence-electron chi connectivity index (χ4n) is 3.39. The molecule has 1 unspecified atom stereocenters. The van der Waals surface area contributed by atoms with Crippen LogP contribution in [0.1, 0.15) is 29.2 Å². The van der Waals surface area contributed by atoms with E-state index < -0.39 is 23.3 Å². The molecule has 2 aromatic rings. The van der Waals surface area contributed by atoms with Crippen molar-refractivity contribution in [3.8, 4) is 0 Å². The summed E-state index contributed by atoms with van der Waals surface area (Å²) in [5, 5.41) is 2.76. The predicted molar refractivity (Wildman–Crippen MR) is 77.5 cm³/mol. The number of hydrogen-bond acceptors (Lipinski definition) is 4. The van der Waals surface area contributed by atoms with Crippen LogP contribution in [0.25, 0.3) is 0 Å². The molecule has 0 aliphatic carbocycles. The first-order valence-corrected chi connectivity index (χ1v) is 7.30. The highest BCUT2D eigenvalue weighted by atomic mass is 19.4. The van der Waals surface area contributed by atoms with Crippen LogP contribution in [0.4, 0.5) is 13.2 Å². The van der Waals surface area contributed by atoms with Gasteiger partial charge in [0, 0.05) is 31.4 Å². The molecular formula is C15H12F3N5O. The van der Waals surface area contributed by atoms with E-state index in [2.05, 4.69) is 20.3 Å². The van der Waals surface area contributed by atoms with E-state index in [9.17, 15) is 18.0 Å². The Hall–Kier alpha value is -2.71. The molecule has 6 nitrogen and oxygen atoms in total. The Morgan fingerprint density at radius 2 is 2.12 bits per heavy atom. The zero-order valence-electron chi connectivity index (χ0n) is 12.6. The van der Waals surface area contributed by atoms with Gasteiger partial charge in [0.2, 0.25) is 0 Å². The zero-order chi connectivity index (χ0) is 17.1. The third-order valence-corrected chi connectivity index (χ3v) is 4.48. The SMILES string of the molecule is CNC1=NC(=O)C2(CCc3nccn32)c2nc(C(F)(F)F)ccc21. The first-order chi connectivity index (χ1) is 11.4. The number of halogens is 3. The number of alkyl halides is 3. The van der Waals surface area contributed by atoms with Crippen molar-refractivity contribution in [1.29, 1.82) is 0 Å². The molecule has 24 heavy (non-hydrogen) atoms. The van der Waals surface area contributed by atoms with E-state index >= 15 is 0 Å². The van der Waals surface area contributed by atoms with E-state index in [-0.39, 0.29) is 18.0 Å². The van der Waals surface area contributed by atoms with Crippen LogP contribution in [0.2, 0.25) is 0 Å². The van der Waals surface area contributed by atoms with Gasteiger partial charge in [-0.15, -0.1) is 0 Å². The minimum absolute atomic E-state index is 0.0680. The van der Waals surface area contributed by atoms with Crippen molar-refractivity contribution in [3.05, 3.63) is 47.3 Å². The number of pyridine rings is 1.